The molecule has 2 aromatic rings. The van der Waals surface area contributed by atoms with Gasteiger partial charge in [-0.2, -0.15) is 0 Å². The van der Waals surface area contributed by atoms with E-state index in [1.807, 2.05) is 6.07 Å². The van der Waals surface area contributed by atoms with Crippen LogP contribution in [0.15, 0.2) is 48.5 Å². The second kappa shape index (κ2) is 6.50. The average molecular weight is 379 g/mol. The summed E-state index contributed by atoms with van der Waals surface area (Å²) in [5, 5.41) is 2.79. The smallest absolute Gasteiger partial charge is 0.255 e. The predicted molar refractivity (Wildman–Crippen MR) is 96.3 cm³/mol. The van der Waals surface area contributed by atoms with Crippen LogP contribution in [0.25, 0.3) is 0 Å². The average Bonchev–Trinajstić information content (AvgIpc) is 2.77. The number of sulfonamides is 1. The Hall–Kier alpha value is -2.38. The Morgan fingerprint density at radius 1 is 1.20 bits per heavy atom. The lowest BCUT2D eigenvalue weighted by molar-refractivity contribution is -0.119. The molecule has 1 fully saturated rings. The van der Waals surface area contributed by atoms with Gasteiger partial charge in [-0.1, -0.05) is 36.7 Å². The van der Waals surface area contributed by atoms with Crippen LogP contribution < -0.4 is 9.62 Å². The second-order valence-electron chi connectivity index (χ2n) is 5.77. The monoisotopic (exact) mass is 378 g/mol. The molecular formula is C17H15ClN2O4S. The predicted octanol–water partition coefficient (Wildman–Crippen LogP) is 2.90. The summed E-state index contributed by atoms with van der Waals surface area (Å²) in [5.74, 6) is -1.91. The van der Waals surface area contributed by atoms with Gasteiger partial charge in [0.2, 0.25) is 15.9 Å². The van der Waals surface area contributed by atoms with Crippen molar-refractivity contribution in [2.75, 3.05) is 15.4 Å². The molecule has 2 aromatic carbocycles. The van der Waals surface area contributed by atoms with Crippen molar-refractivity contribution >= 4 is 44.8 Å². The molecule has 0 aliphatic carbocycles. The van der Waals surface area contributed by atoms with E-state index in [4.69, 9.17) is 11.6 Å². The van der Waals surface area contributed by atoms with Crippen LogP contribution in [0.4, 0.5) is 11.4 Å². The maximum Gasteiger partial charge on any atom is 0.255 e. The topological polar surface area (TPSA) is 83.6 Å². The van der Waals surface area contributed by atoms with Gasteiger partial charge in [0.25, 0.3) is 5.91 Å². The lowest BCUT2D eigenvalue weighted by atomic mass is 10.1. The minimum absolute atomic E-state index is 0.00303. The highest BCUT2D eigenvalue weighted by molar-refractivity contribution is 7.94. The summed E-state index contributed by atoms with van der Waals surface area (Å²) >= 11 is 6.09. The number of benzene rings is 2. The molecule has 0 radical (unpaired) electrons. The zero-order chi connectivity index (χ0) is 18.2. The van der Waals surface area contributed by atoms with Gasteiger partial charge in [-0.15, -0.1) is 0 Å². The number of carbonyl (C=O) groups is 2. The van der Waals surface area contributed by atoms with E-state index in [0.717, 1.165) is 0 Å². The first-order chi connectivity index (χ1) is 11.8. The number of rotatable bonds is 3. The molecule has 0 saturated carbocycles. The van der Waals surface area contributed by atoms with Crippen LogP contribution in [-0.4, -0.2) is 26.0 Å². The van der Waals surface area contributed by atoms with Crippen LogP contribution in [0.5, 0.6) is 0 Å². The van der Waals surface area contributed by atoms with Crippen LogP contribution in [0, 0.1) is 5.92 Å². The van der Waals surface area contributed by atoms with Crippen molar-refractivity contribution in [3.05, 3.63) is 59.1 Å². The first-order valence-electron chi connectivity index (χ1n) is 7.52. The first kappa shape index (κ1) is 17.4. The number of amides is 2. The normalized spacial score (nSPS) is 19.0. The van der Waals surface area contributed by atoms with Gasteiger partial charge in [0.05, 0.1) is 22.4 Å². The molecule has 1 atom stereocenters. The molecule has 25 heavy (non-hydrogen) atoms. The highest BCUT2D eigenvalue weighted by atomic mass is 35.5. The van der Waals surface area contributed by atoms with Crippen molar-refractivity contribution in [3.63, 3.8) is 0 Å². The number of anilines is 2. The van der Waals surface area contributed by atoms with Gasteiger partial charge in [-0.05, 0) is 30.3 Å². The number of carbonyl (C=O) groups excluding carboxylic acids is 2. The molecule has 3 rings (SSSR count). The molecule has 2 amide bonds. The van der Waals surface area contributed by atoms with Crippen molar-refractivity contribution < 1.29 is 18.0 Å². The van der Waals surface area contributed by atoms with E-state index in [1.54, 1.807) is 31.2 Å². The summed E-state index contributed by atoms with van der Waals surface area (Å²) in [5.41, 5.74) is 0.796. The van der Waals surface area contributed by atoms with E-state index >= 15 is 0 Å². The third-order valence-corrected chi connectivity index (χ3v) is 5.99. The molecule has 1 unspecified atom stereocenters. The van der Waals surface area contributed by atoms with Gasteiger partial charge in [-0.25, -0.2) is 12.7 Å². The fourth-order valence-electron chi connectivity index (χ4n) is 2.60. The Labute approximate surface area is 150 Å². The molecule has 0 bridgehead atoms. The molecule has 130 valence electrons. The van der Waals surface area contributed by atoms with E-state index in [9.17, 15) is 18.0 Å². The van der Waals surface area contributed by atoms with Crippen LogP contribution in [0.2, 0.25) is 5.02 Å². The molecule has 1 saturated heterocycles. The van der Waals surface area contributed by atoms with Crippen LogP contribution in [0.3, 0.4) is 0 Å². The molecule has 6 nitrogen and oxygen atoms in total. The number of para-hydroxylation sites is 1. The summed E-state index contributed by atoms with van der Waals surface area (Å²) in [6, 6.07) is 13.0. The lowest BCUT2D eigenvalue weighted by Crippen LogP contribution is -2.30. The minimum atomic E-state index is -3.79. The fraction of sp³-hybridized carbons (Fsp3) is 0.176. The highest BCUT2D eigenvalue weighted by Gasteiger charge is 2.42. The molecule has 1 aliphatic rings. The summed E-state index contributed by atoms with van der Waals surface area (Å²) in [7, 11) is -3.79. The van der Waals surface area contributed by atoms with Gasteiger partial charge in [0.1, 0.15) is 0 Å². The van der Waals surface area contributed by atoms with E-state index < -0.39 is 27.8 Å². The van der Waals surface area contributed by atoms with Crippen molar-refractivity contribution in [1.82, 2.24) is 0 Å². The number of hydrogen-bond acceptors (Lipinski definition) is 4. The van der Waals surface area contributed by atoms with Crippen molar-refractivity contribution in [2.24, 2.45) is 5.92 Å². The minimum Gasteiger partial charge on any atom is -0.322 e. The molecule has 1 aliphatic heterocycles. The molecule has 1 heterocycles. The van der Waals surface area contributed by atoms with Crippen LogP contribution >= 0.6 is 11.6 Å². The largest absolute Gasteiger partial charge is 0.322 e. The van der Waals surface area contributed by atoms with Crippen LogP contribution in [0.1, 0.15) is 17.3 Å². The Bertz CT molecular complexity index is 944. The summed E-state index contributed by atoms with van der Waals surface area (Å²) in [6.45, 7) is 1.54. The SMILES string of the molecule is CC1CS(=O)(=O)N(c2cc(C(=O)Nc3ccccc3)ccc2Cl)C1=O. The molecule has 1 N–H and O–H groups in total. The van der Waals surface area contributed by atoms with Crippen molar-refractivity contribution in [3.8, 4) is 0 Å². The third-order valence-electron chi connectivity index (χ3n) is 3.82. The van der Waals surface area contributed by atoms with E-state index in [1.165, 1.54) is 18.2 Å². The van der Waals surface area contributed by atoms with Crippen molar-refractivity contribution in [2.45, 2.75) is 6.92 Å². The molecule has 8 heteroatoms. The maximum absolute atomic E-state index is 12.4. The van der Waals surface area contributed by atoms with E-state index in [0.29, 0.717) is 9.99 Å². The highest BCUT2D eigenvalue weighted by Crippen LogP contribution is 2.34. The first-order valence-corrected chi connectivity index (χ1v) is 9.51. The molecular weight excluding hydrogens is 364 g/mol. The Balaban J connectivity index is 1.96. The summed E-state index contributed by atoms with van der Waals surface area (Å²) in [6.07, 6.45) is 0. The Kier molecular flexibility index (Phi) is 4.53. The number of nitrogens with one attached hydrogen (secondary N) is 1. The van der Waals surface area contributed by atoms with Gasteiger partial charge < -0.3 is 5.32 Å². The molecule has 0 aromatic heterocycles. The number of halogens is 1. The van der Waals surface area contributed by atoms with Crippen molar-refractivity contribution in [1.29, 1.82) is 0 Å². The van der Waals surface area contributed by atoms with Gasteiger partial charge >= 0.3 is 0 Å². The molecule has 0 spiro atoms. The van der Waals surface area contributed by atoms with E-state index in [-0.39, 0.29) is 22.0 Å². The van der Waals surface area contributed by atoms with Gasteiger partial charge in [-0.3, -0.25) is 9.59 Å². The van der Waals surface area contributed by atoms with Crippen LogP contribution in [-0.2, 0) is 14.8 Å². The number of hydrogen-bond donors (Lipinski definition) is 1. The van der Waals surface area contributed by atoms with Gasteiger partial charge in [0, 0.05) is 11.3 Å². The Morgan fingerprint density at radius 3 is 2.48 bits per heavy atom. The Morgan fingerprint density at radius 2 is 1.88 bits per heavy atom. The zero-order valence-corrected chi connectivity index (χ0v) is 14.8. The third kappa shape index (κ3) is 3.38. The zero-order valence-electron chi connectivity index (χ0n) is 13.3. The summed E-state index contributed by atoms with van der Waals surface area (Å²) < 4.78 is 25.2. The summed E-state index contributed by atoms with van der Waals surface area (Å²) in [4.78, 5) is 24.6. The second-order valence-corrected chi connectivity index (χ2v) is 8.04. The van der Waals surface area contributed by atoms with E-state index in [2.05, 4.69) is 5.32 Å². The van der Waals surface area contributed by atoms with Gasteiger partial charge in [0.15, 0.2) is 0 Å². The maximum atomic E-state index is 12.4. The lowest BCUT2D eigenvalue weighted by Gasteiger charge is -2.17. The number of nitrogens with zero attached hydrogens (tertiary/aromatic N) is 1. The fourth-order valence-corrected chi connectivity index (χ4v) is 4.68. The standard InChI is InChI=1S/C17H15ClN2O4S/c1-11-10-25(23,24)20(17(11)22)15-9-12(7-8-14(15)18)16(21)19-13-5-3-2-4-6-13/h2-9,11H,10H2,1H3,(H,19,21). The quantitative estimate of drug-likeness (QED) is 0.890.